The first kappa shape index (κ1) is 11.2. The second kappa shape index (κ2) is 4.28. The van der Waals surface area contributed by atoms with Gasteiger partial charge in [0.15, 0.2) is 0 Å². The maximum absolute atomic E-state index is 11.6. The third-order valence-electron chi connectivity index (χ3n) is 3.27. The summed E-state index contributed by atoms with van der Waals surface area (Å²) in [6, 6.07) is 0. The Balaban J connectivity index is 1.60. The topological polar surface area (TPSA) is 57.8 Å². The second-order valence-corrected chi connectivity index (χ2v) is 5.18. The first-order valence-corrected chi connectivity index (χ1v) is 5.85. The minimum Gasteiger partial charge on any atom is -0.356 e. The van der Waals surface area contributed by atoms with Crippen LogP contribution in [0.4, 0.5) is 0 Å². The van der Waals surface area contributed by atoms with Crippen molar-refractivity contribution in [3.63, 3.8) is 0 Å². The molecule has 0 spiro atoms. The van der Waals surface area contributed by atoms with E-state index in [1.54, 1.807) is 6.20 Å². The van der Waals surface area contributed by atoms with Gasteiger partial charge in [-0.15, -0.1) is 0 Å². The second-order valence-electron chi connectivity index (χ2n) is 5.18. The lowest BCUT2D eigenvalue weighted by molar-refractivity contribution is -0.122. The van der Waals surface area contributed by atoms with Gasteiger partial charge in [-0.05, 0) is 18.3 Å². The summed E-state index contributed by atoms with van der Waals surface area (Å²) in [7, 11) is 0. The third-order valence-corrected chi connectivity index (χ3v) is 3.27. The molecule has 2 rings (SSSR count). The molecule has 1 unspecified atom stereocenters. The molecule has 1 fully saturated rings. The Hall–Kier alpha value is -1.32. The van der Waals surface area contributed by atoms with Crippen LogP contribution < -0.4 is 5.32 Å². The van der Waals surface area contributed by atoms with Crippen LogP contribution in [0.25, 0.3) is 0 Å². The largest absolute Gasteiger partial charge is 0.356 e. The Bertz CT molecular complexity index is 356. The molecule has 1 amide bonds. The van der Waals surface area contributed by atoms with Crippen LogP contribution in [0.5, 0.6) is 0 Å². The molecule has 1 aliphatic carbocycles. The van der Waals surface area contributed by atoms with Gasteiger partial charge in [0.05, 0.1) is 0 Å². The lowest BCUT2D eigenvalue weighted by atomic mass is 10.1. The molecule has 4 nitrogen and oxygen atoms in total. The van der Waals surface area contributed by atoms with Gasteiger partial charge in [-0.3, -0.25) is 4.79 Å². The summed E-state index contributed by atoms with van der Waals surface area (Å²) in [5.74, 6) is 1.43. The van der Waals surface area contributed by atoms with Crippen molar-refractivity contribution in [2.75, 3.05) is 6.54 Å². The van der Waals surface area contributed by atoms with E-state index < -0.39 is 0 Å². The maximum atomic E-state index is 11.6. The fourth-order valence-electron chi connectivity index (χ4n) is 1.94. The number of amides is 1. The highest BCUT2D eigenvalue weighted by atomic mass is 16.2. The standard InChI is InChI=1S/C12H19N3O/c1-12(2)8-9(12)11(16)15-5-3-4-10-13-6-7-14-10/h6-7,9H,3-5,8H2,1-2H3,(H,13,14)(H,15,16). The molecule has 1 saturated carbocycles. The molecule has 16 heavy (non-hydrogen) atoms. The zero-order valence-electron chi connectivity index (χ0n) is 9.92. The molecule has 0 saturated heterocycles. The first-order chi connectivity index (χ1) is 7.59. The maximum Gasteiger partial charge on any atom is 0.223 e. The fourth-order valence-corrected chi connectivity index (χ4v) is 1.94. The number of H-pyrrole nitrogens is 1. The van der Waals surface area contributed by atoms with Crippen LogP contribution in [0.3, 0.4) is 0 Å². The predicted octanol–water partition coefficient (Wildman–Crippen LogP) is 1.50. The molecule has 2 N–H and O–H groups in total. The van der Waals surface area contributed by atoms with E-state index >= 15 is 0 Å². The van der Waals surface area contributed by atoms with Crippen molar-refractivity contribution in [3.05, 3.63) is 18.2 Å². The van der Waals surface area contributed by atoms with E-state index in [4.69, 9.17) is 0 Å². The summed E-state index contributed by atoms with van der Waals surface area (Å²) in [6.45, 7) is 5.02. The van der Waals surface area contributed by atoms with Crippen molar-refractivity contribution >= 4 is 5.91 Å². The number of aromatic amines is 1. The van der Waals surface area contributed by atoms with Crippen LogP contribution in [0.1, 0.15) is 32.5 Å². The van der Waals surface area contributed by atoms with Crippen molar-refractivity contribution in [3.8, 4) is 0 Å². The summed E-state index contributed by atoms with van der Waals surface area (Å²) >= 11 is 0. The van der Waals surface area contributed by atoms with Gasteiger partial charge in [0.25, 0.3) is 0 Å². The highest BCUT2D eigenvalue weighted by molar-refractivity contribution is 5.82. The van der Waals surface area contributed by atoms with Gasteiger partial charge in [-0.2, -0.15) is 0 Å². The number of hydrogen-bond donors (Lipinski definition) is 2. The van der Waals surface area contributed by atoms with Gasteiger partial charge in [-0.25, -0.2) is 4.98 Å². The van der Waals surface area contributed by atoms with Gasteiger partial charge in [-0.1, -0.05) is 13.8 Å². The monoisotopic (exact) mass is 221 g/mol. The Labute approximate surface area is 95.9 Å². The molecule has 1 atom stereocenters. The van der Waals surface area contributed by atoms with E-state index in [9.17, 15) is 4.79 Å². The SMILES string of the molecule is CC1(C)CC1C(=O)NCCCc1ncc[nH]1. The quantitative estimate of drug-likeness (QED) is 0.740. The van der Waals surface area contributed by atoms with Gasteiger partial charge in [0, 0.05) is 31.3 Å². The summed E-state index contributed by atoms with van der Waals surface area (Å²) in [6.07, 6.45) is 6.42. The van der Waals surface area contributed by atoms with E-state index in [1.807, 2.05) is 6.20 Å². The van der Waals surface area contributed by atoms with Gasteiger partial charge < -0.3 is 10.3 Å². The Morgan fingerprint density at radius 3 is 3.00 bits per heavy atom. The van der Waals surface area contributed by atoms with Gasteiger partial charge in [0.1, 0.15) is 5.82 Å². The molecule has 0 radical (unpaired) electrons. The Kier molecular flexibility index (Phi) is 2.99. The molecular formula is C12H19N3O. The molecule has 0 bridgehead atoms. The Morgan fingerprint density at radius 1 is 1.69 bits per heavy atom. The lowest BCUT2D eigenvalue weighted by Crippen LogP contribution is -2.27. The third kappa shape index (κ3) is 2.62. The molecule has 1 aromatic rings. The van der Waals surface area contributed by atoms with Crippen LogP contribution in [0.15, 0.2) is 12.4 Å². The van der Waals surface area contributed by atoms with Crippen molar-refractivity contribution in [2.45, 2.75) is 33.1 Å². The summed E-state index contributed by atoms with van der Waals surface area (Å²) < 4.78 is 0. The number of imidazole rings is 1. The first-order valence-electron chi connectivity index (χ1n) is 5.85. The van der Waals surface area contributed by atoms with Crippen LogP contribution in [0, 0.1) is 11.3 Å². The summed E-state index contributed by atoms with van der Waals surface area (Å²) in [5.41, 5.74) is 0.227. The molecule has 88 valence electrons. The zero-order valence-corrected chi connectivity index (χ0v) is 9.92. The number of carbonyl (C=O) groups excluding carboxylic acids is 1. The highest BCUT2D eigenvalue weighted by Gasteiger charge is 2.50. The molecule has 4 heteroatoms. The van der Waals surface area contributed by atoms with Crippen molar-refractivity contribution in [1.82, 2.24) is 15.3 Å². The van der Waals surface area contributed by atoms with E-state index in [0.717, 1.165) is 31.6 Å². The number of rotatable bonds is 5. The van der Waals surface area contributed by atoms with Crippen molar-refractivity contribution < 1.29 is 4.79 Å². The highest BCUT2D eigenvalue weighted by Crippen LogP contribution is 2.51. The molecule has 0 aliphatic heterocycles. The molecule has 1 aliphatic rings. The van der Waals surface area contributed by atoms with E-state index in [0.29, 0.717) is 0 Å². The Morgan fingerprint density at radius 2 is 2.44 bits per heavy atom. The minimum atomic E-state index is 0.212. The van der Waals surface area contributed by atoms with Gasteiger partial charge in [0.2, 0.25) is 5.91 Å². The average Bonchev–Trinajstić information content (AvgIpc) is 2.67. The number of carbonyl (C=O) groups is 1. The predicted molar refractivity (Wildman–Crippen MR) is 61.8 cm³/mol. The minimum absolute atomic E-state index is 0.212. The van der Waals surface area contributed by atoms with E-state index in [1.165, 1.54) is 0 Å². The van der Waals surface area contributed by atoms with Crippen LogP contribution in [0.2, 0.25) is 0 Å². The number of hydrogen-bond acceptors (Lipinski definition) is 2. The molecule has 0 aromatic carbocycles. The van der Waals surface area contributed by atoms with Crippen LogP contribution in [-0.4, -0.2) is 22.4 Å². The van der Waals surface area contributed by atoms with E-state index in [2.05, 4.69) is 29.1 Å². The van der Waals surface area contributed by atoms with Gasteiger partial charge >= 0.3 is 0 Å². The lowest BCUT2D eigenvalue weighted by Gasteiger charge is -2.05. The zero-order chi connectivity index (χ0) is 11.6. The van der Waals surface area contributed by atoms with Crippen molar-refractivity contribution in [2.24, 2.45) is 11.3 Å². The summed E-state index contributed by atoms with van der Waals surface area (Å²) in [5, 5.41) is 2.98. The summed E-state index contributed by atoms with van der Waals surface area (Å²) in [4.78, 5) is 18.8. The average molecular weight is 221 g/mol. The van der Waals surface area contributed by atoms with Crippen LogP contribution in [-0.2, 0) is 11.2 Å². The number of aromatic nitrogens is 2. The number of aryl methyl sites for hydroxylation is 1. The normalized spacial score (nSPS) is 21.8. The van der Waals surface area contributed by atoms with E-state index in [-0.39, 0.29) is 17.2 Å². The molecular weight excluding hydrogens is 202 g/mol. The smallest absolute Gasteiger partial charge is 0.223 e. The fraction of sp³-hybridized carbons (Fsp3) is 0.667. The number of nitrogens with zero attached hydrogens (tertiary/aromatic N) is 1. The molecule has 1 aromatic heterocycles. The van der Waals surface area contributed by atoms with Crippen LogP contribution >= 0.6 is 0 Å². The molecule has 1 heterocycles. The van der Waals surface area contributed by atoms with Crippen molar-refractivity contribution in [1.29, 1.82) is 0 Å². The number of nitrogens with one attached hydrogen (secondary N) is 2.